The lowest BCUT2D eigenvalue weighted by Gasteiger charge is -2.03. The molecule has 5 nitrogen and oxygen atoms in total. The minimum atomic E-state index is -0.674. The second kappa shape index (κ2) is 7.70. The quantitative estimate of drug-likeness (QED) is 0.380. The van der Waals surface area contributed by atoms with Crippen molar-refractivity contribution in [3.63, 3.8) is 0 Å². The van der Waals surface area contributed by atoms with E-state index in [1.54, 1.807) is 24.3 Å². The zero-order chi connectivity index (χ0) is 18.5. The van der Waals surface area contributed by atoms with Crippen LogP contribution in [-0.4, -0.2) is 19.5 Å². The highest BCUT2D eigenvalue weighted by Gasteiger charge is 2.11. The van der Waals surface area contributed by atoms with Crippen molar-refractivity contribution in [1.29, 1.82) is 0 Å². The van der Waals surface area contributed by atoms with Crippen molar-refractivity contribution in [2.45, 2.75) is 6.92 Å². The maximum atomic E-state index is 12.4. The van der Waals surface area contributed by atoms with Crippen molar-refractivity contribution in [2.75, 3.05) is 13.7 Å². The molecule has 3 rings (SSSR count). The molecular formula is C21H18O5. The van der Waals surface area contributed by atoms with E-state index in [4.69, 9.17) is 13.9 Å². The van der Waals surface area contributed by atoms with E-state index in [0.29, 0.717) is 23.3 Å². The van der Waals surface area contributed by atoms with Crippen LogP contribution in [-0.2, 0) is 0 Å². The van der Waals surface area contributed by atoms with Gasteiger partial charge in [-0.3, -0.25) is 4.79 Å². The Hall–Kier alpha value is -3.34. The van der Waals surface area contributed by atoms with E-state index in [1.807, 2.05) is 31.2 Å². The predicted octanol–water partition coefficient (Wildman–Crippen LogP) is 4.10. The average molecular weight is 350 g/mol. The van der Waals surface area contributed by atoms with Crippen LogP contribution in [0.15, 0.2) is 63.8 Å². The Bertz CT molecular complexity index is 1010. The Morgan fingerprint density at radius 3 is 2.50 bits per heavy atom. The highest BCUT2D eigenvalue weighted by Crippen LogP contribution is 2.20. The highest BCUT2D eigenvalue weighted by molar-refractivity contribution is 6.07. The number of ether oxygens (including phenoxy) is 2. The van der Waals surface area contributed by atoms with E-state index < -0.39 is 11.4 Å². The molecule has 5 heteroatoms. The molecule has 0 amide bonds. The van der Waals surface area contributed by atoms with E-state index >= 15 is 0 Å². The summed E-state index contributed by atoms with van der Waals surface area (Å²) in [5.74, 6) is 0.932. The fourth-order valence-corrected chi connectivity index (χ4v) is 2.49. The number of rotatable bonds is 6. The van der Waals surface area contributed by atoms with Gasteiger partial charge in [-0.2, -0.15) is 0 Å². The second-order valence-corrected chi connectivity index (χ2v) is 5.55. The molecule has 0 saturated heterocycles. The van der Waals surface area contributed by atoms with Crippen molar-refractivity contribution in [1.82, 2.24) is 0 Å². The van der Waals surface area contributed by atoms with Gasteiger partial charge >= 0.3 is 5.63 Å². The van der Waals surface area contributed by atoms with Gasteiger partial charge in [0, 0.05) is 11.5 Å². The summed E-state index contributed by atoms with van der Waals surface area (Å²) in [5, 5.41) is 0.656. The molecule has 3 aromatic rings. The van der Waals surface area contributed by atoms with Crippen LogP contribution in [0.5, 0.6) is 11.5 Å². The molecule has 0 aliphatic rings. The summed E-state index contributed by atoms with van der Waals surface area (Å²) in [6.45, 7) is 2.51. The Balaban J connectivity index is 1.84. The zero-order valence-electron chi connectivity index (χ0n) is 14.5. The largest absolute Gasteiger partial charge is 0.497 e. The first-order valence-electron chi connectivity index (χ1n) is 8.18. The second-order valence-electron chi connectivity index (χ2n) is 5.55. The van der Waals surface area contributed by atoms with Crippen LogP contribution in [0.25, 0.3) is 17.0 Å². The summed E-state index contributed by atoms with van der Waals surface area (Å²) in [6, 6.07) is 14.0. The van der Waals surface area contributed by atoms with Gasteiger partial charge in [-0.05, 0) is 48.9 Å². The fraction of sp³-hybridized carbons (Fsp3) is 0.143. The van der Waals surface area contributed by atoms with Crippen LogP contribution < -0.4 is 15.1 Å². The third kappa shape index (κ3) is 3.83. The molecule has 0 unspecified atom stereocenters. The predicted molar refractivity (Wildman–Crippen MR) is 100 cm³/mol. The SMILES string of the molecule is CCOc1ccc(/C=C/C(=O)c2cc3ccc(OC)cc3oc2=O)cc1. The zero-order valence-corrected chi connectivity index (χ0v) is 14.5. The number of hydrogen-bond acceptors (Lipinski definition) is 5. The minimum Gasteiger partial charge on any atom is -0.497 e. The highest BCUT2D eigenvalue weighted by atomic mass is 16.5. The van der Waals surface area contributed by atoms with Crippen LogP contribution in [0, 0.1) is 0 Å². The van der Waals surface area contributed by atoms with Gasteiger partial charge in [0.15, 0.2) is 5.78 Å². The van der Waals surface area contributed by atoms with Crippen LogP contribution in [0.3, 0.4) is 0 Å². The molecule has 0 radical (unpaired) electrons. The molecule has 0 aliphatic heterocycles. The molecule has 1 heterocycles. The molecule has 0 atom stereocenters. The lowest BCUT2D eigenvalue weighted by Crippen LogP contribution is -2.11. The Morgan fingerprint density at radius 2 is 1.81 bits per heavy atom. The van der Waals surface area contributed by atoms with Crippen LogP contribution in [0.1, 0.15) is 22.8 Å². The van der Waals surface area contributed by atoms with Gasteiger partial charge in [0.25, 0.3) is 0 Å². The van der Waals surface area contributed by atoms with E-state index in [2.05, 4.69) is 0 Å². The van der Waals surface area contributed by atoms with Gasteiger partial charge in [0.1, 0.15) is 22.6 Å². The standard InChI is InChI=1S/C21H18O5/c1-3-25-16-8-4-14(5-9-16)6-11-19(22)18-12-15-7-10-17(24-2)13-20(15)26-21(18)23/h4-13H,3H2,1-2H3/b11-6+. The molecule has 0 bridgehead atoms. The van der Waals surface area contributed by atoms with E-state index in [-0.39, 0.29) is 5.56 Å². The van der Waals surface area contributed by atoms with Crippen molar-refractivity contribution in [3.05, 3.63) is 76.2 Å². The summed E-state index contributed by atoms with van der Waals surface area (Å²) in [7, 11) is 1.53. The summed E-state index contributed by atoms with van der Waals surface area (Å²) < 4.78 is 15.7. The normalized spacial score (nSPS) is 11.0. The maximum absolute atomic E-state index is 12.4. The van der Waals surface area contributed by atoms with Gasteiger partial charge < -0.3 is 13.9 Å². The molecule has 0 spiro atoms. The van der Waals surface area contributed by atoms with Crippen molar-refractivity contribution in [3.8, 4) is 11.5 Å². The number of allylic oxidation sites excluding steroid dienone is 1. The number of carbonyl (C=O) groups is 1. The number of methoxy groups -OCH3 is 1. The summed E-state index contributed by atoms with van der Waals surface area (Å²) >= 11 is 0. The molecular weight excluding hydrogens is 332 g/mol. The van der Waals surface area contributed by atoms with Gasteiger partial charge in [-0.25, -0.2) is 4.79 Å². The number of ketones is 1. The summed E-state index contributed by atoms with van der Waals surface area (Å²) in [6.07, 6.45) is 3.01. The monoisotopic (exact) mass is 350 g/mol. The Morgan fingerprint density at radius 1 is 1.08 bits per heavy atom. The first-order valence-corrected chi connectivity index (χ1v) is 8.18. The number of benzene rings is 2. The summed E-state index contributed by atoms with van der Waals surface area (Å²) in [4.78, 5) is 24.5. The number of carbonyl (C=O) groups excluding carboxylic acids is 1. The maximum Gasteiger partial charge on any atom is 0.347 e. The third-order valence-corrected chi connectivity index (χ3v) is 3.83. The van der Waals surface area contributed by atoms with Gasteiger partial charge in [-0.1, -0.05) is 18.2 Å². The van der Waals surface area contributed by atoms with Crippen LogP contribution >= 0.6 is 0 Å². The lowest BCUT2D eigenvalue weighted by atomic mass is 10.1. The Labute approximate surface area is 150 Å². The molecule has 2 aromatic carbocycles. The average Bonchev–Trinajstić information content (AvgIpc) is 2.66. The smallest absolute Gasteiger partial charge is 0.347 e. The van der Waals surface area contributed by atoms with Crippen molar-refractivity contribution >= 4 is 22.8 Å². The molecule has 0 fully saturated rings. The molecule has 0 aliphatic carbocycles. The lowest BCUT2D eigenvalue weighted by molar-refractivity contribution is 0.104. The van der Waals surface area contributed by atoms with Gasteiger partial charge in [0.2, 0.25) is 0 Å². The van der Waals surface area contributed by atoms with Gasteiger partial charge in [-0.15, -0.1) is 0 Å². The first-order chi connectivity index (χ1) is 12.6. The molecule has 132 valence electrons. The van der Waals surface area contributed by atoms with E-state index in [1.165, 1.54) is 19.3 Å². The van der Waals surface area contributed by atoms with Crippen LogP contribution in [0.4, 0.5) is 0 Å². The topological polar surface area (TPSA) is 65.7 Å². The molecule has 1 aromatic heterocycles. The fourth-order valence-electron chi connectivity index (χ4n) is 2.49. The third-order valence-electron chi connectivity index (χ3n) is 3.83. The number of fused-ring (bicyclic) bond motifs is 1. The first kappa shape index (κ1) is 17.5. The van der Waals surface area contributed by atoms with Gasteiger partial charge in [0.05, 0.1) is 13.7 Å². The van der Waals surface area contributed by atoms with E-state index in [0.717, 1.165) is 11.3 Å². The van der Waals surface area contributed by atoms with Crippen LogP contribution in [0.2, 0.25) is 0 Å². The van der Waals surface area contributed by atoms with Crippen molar-refractivity contribution in [2.24, 2.45) is 0 Å². The molecule has 0 saturated carbocycles. The van der Waals surface area contributed by atoms with Crippen molar-refractivity contribution < 1.29 is 18.7 Å². The van der Waals surface area contributed by atoms with E-state index in [9.17, 15) is 9.59 Å². The molecule has 26 heavy (non-hydrogen) atoms. The minimum absolute atomic E-state index is 0.00940. The Kier molecular flexibility index (Phi) is 5.17. The number of hydrogen-bond donors (Lipinski definition) is 0. The molecule has 0 N–H and O–H groups in total. The summed E-state index contributed by atoms with van der Waals surface area (Å²) in [5.41, 5.74) is 0.523.